The van der Waals surface area contributed by atoms with Crippen molar-refractivity contribution in [3.05, 3.63) is 289 Å². The Hall–Kier alpha value is -9.25. The molecule has 0 N–H and O–H groups in total. The molecule has 0 fully saturated rings. The van der Waals surface area contributed by atoms with E-state index in [1.165, 1.54) is 66.4 Å². The summed E-state index contributed by atoms with van der Waals surface area (Å²) in [5.74, 6) is 2.18. The highest BCUT2D eigenvalue weighted by Gasteiger charge is 2.52. The highest BCUT2D eigenvalue weighted by molar-refractivity contribution is 6.03. The van der Waals surface area contributed by atoms with Gasteiger partial charge in [-0.3, -0.25) is 0 Å². The molecule has 1 spiro atoms. The molecule has 2 unspecified atom stereocenters. The summed E-state index contributed by atoms with van der Waals surface area (Å²) in [4.78, 5) is 18.2. The van der Waals surface area contributed by atoms with Gasteiger partial charge in [-0.05, 0) is 109 Å². The largest absolute Gasteiger partial charge is 0.309 e. The molecule has 14 rings (SSSR count). The fraction of sp³-hybridized carbons (Fsp3) is 0.0441. The van der Waals surface area contributed by atoms with E-state index in [0.29, 0.717) is 11.6 Å². The quantitative estimate of drug-likeness (QED) is 0.152. The lowest BCUT2D eigenvalue weighted by Gasteiger charge is -2.33. The van der Waals surface area contributed by atoms with Gasteiger partial charge in [0.15, 0.2) is 11.6 Å². The number of hydrogen-bond acceptors (Lipinski definition) is 4. The van der Waals surface area contributed by atoms with E-state index in [-0.39, 0.29) is 5.92 Å². The average Bonchev–Trinajstić information content (AvgIpc) is 3.93. The number of fused-ring (bicyclic) bond motifs is 11. The van der Waals surface area contributed by atoms with Crippen LogP contribution in [0.5, 0.6) is 0 Å². The number of anilines is 3. The average molecular weight is 919 g/mol. The molecule has 0 bridgehead atoms. The van der Waals surface area contributed by atoms with Crippen molar-refractivity contribution in [3.8, 4) is 67.3 Å². The lowest BCUT2D eigenvalue weighted by atomic mass is 9.70. The first-order valence-corrected chi connectivity index (χ1v) is 24.9. The number of benzene rings is 10. The highest BCUT2D eigenvalue weighted by Crippen LogP contribution is 2.64. The molecule has 0 amide bonds. The van der Waals surface area contributed by atoms with E-state index in [4.69, 9.17) is 15.0 Å². The Morgan fingerprint density at radius 1 is 0.375 bits per heavy atom. The zero-order chi connectivity index (χ0) is 47.6. The molecule has 338 valence electrons. The molecular formula is C68H46N4. The van der Waals surface area contributed by atoms with Crippen LogP contribution in [0.15, 0.2) is 261 Å². The fourth-order valence-electron chi connectivity index (χ4n) is 11.8. The van der Waals surface area contributed by atoms with Gasteiger partial charge in [0.2, 0.25) is 0 Å². The smallest absolute Gasteiger partial charge is 0.163 e. The molecule has 0 radical (unpaired) electrons. The first kappa shape index (κ1) is 41.7. The molecule has 3 aliphatic carbocycles. The highest BCUT2D eigenvalue weighted by atomic mass is 15.1. The first-order valence-electron chi connectivity index (χ1n) is 24.9. The van der Waals surface area contributed by atoms with Crippen LogP contribution < -0.4 is 4.90 Å². The molecule has 1 aromatic heterocycles. The van der Waals surface area contributed by atoms with Crippen LogP contribution in [-0.2, 0) is 5.41 Å². The molecule has 0 saturated carbocycles. The summed E-state index contributed by atoms with van der Waals surface area (Å²) in [7, 11) is 0. The fourth-order valence-corrected chi connectivity index (χ4v) is 11.8. The number of nitrogens with zero attached hydrogens (tertiary/aromatic N) is 4. The minimum atomic E-state index is -0.650. The van der Waals surface area contributed by atoms with Gasteiger partial charge >= 0.3 is 0 Å². The van der Waals surface area contributed by atoms with Crippen molar-refractivity contribution in [2.45, 2.75) is 17.8 Å². The van der Waals surface area contributed by atoms with Crippen LogP contribution in [0.1, 0.15) is 40.4 Å². The van der Waals surface area contributed by atoms with Crippen LogP contribution in [-0.4, -0.2) is 15.0 Å². The van der Waals surface area contributed by atoms with Crippen LogP contribution in [0.25, 0.3) is 78.1 Å². The van der Waals surface area contributed by atoms with Gasteiger partial charge in [-0.25, -0.2) is 15.0 Å². The van der Waals surface area contributed by atoms with Gasteiger partial charge in [0, 0.05) is 33.7 Å². The summed E-state index contributed by atoms with van der Waals surface area (Å²) in [5.41, 5.74) is 19.2. The van der Waals surface area contributed by atoms with E-state index in [1.54, 1.807) is 0 Å². The summed E-state index contributed by atoms with van der Waals surface area (Å²) in [5, 5.41) is 2.36. The second kappa shape index (κ2) is 17.0. The van der Waals surface area contributed by atoms with Crippen molar-refractivity contribution in [3.63, 3.8) is 0 Å². The maximum atomic E-state index is 5.31. The van der Waals surface area contributed by atoms with Gasteiger partial charge in [-0.2, -0.15) is 0 Å². The molecule has 0 saturated heterocycles. The van der Waals surface area contributed by atoms with Crippen LogP contribution in [0.4, 0.5) is 17.1 Å². The van der Waals surface area contributed by atoms with Crippen LogP contribution in [0.2, 0.25) is 0 Å². The first-order chi connectivity index (χ1) is 35.7. The Kier molecular flexibility index (Phi) is 9.85. The van der Waals surface area contributed by atoms with Gasteiger partial charge in [-0.15, -0.1) is 0 Å². The second-order valence-corrected chi connectivity index (χ2v) is 19.0. The standard InChI is InChI=1S/C68H46N4/c1-5-20-45(21-6-1)50-37-41-64(58(42-50)47-22-7-2-8-23-47)72(63-35-19-29-46-24-13-14-30-53(46)63)52-38-40-57-55-32-16-18-34-60(55)68(62(57)44-52)59-33-17-15-31-54(59)56-39-36-51(43-61(56)68)67-70-65(48-25-9-3-10-26-48)69-66(71-67)49-27-11-4-12-28-49/h1-27,29-44,49H,28H2. The zero-order valence-electron chi connectivity index (χ0n) is 39.4. The topological polar surface area (TPSA) is 41.9 Å². The molecule has 4 heteroatoms. The third-order valence-corrected chi connectivity index (χ3v) is 15.0. The second-order valence-electron chi connectivity index (χ2n) is 19.0. The molecule has 11 aromatic rings. The van der Waals surface area contributed by atoms with E-state index < -0.39 is 5.41 Å². The Labute approximate surface area is 419 Å². The van der Waals surface area contributed by atoms with E-state index in [2.05, 4.69) is 248 Å². The number of aromatic nitrogens is 3. The van der Waals surface area contributed by atoms with E-state index in [1.807, 2.05) is 18.2 Å². The predicted octanol–water partition coefficient (Wildman–Crippen LogP) is 17.1. The maximum absolute atomic E-state index is 5.31. The lowest BCUT2D eigenvalue weighted by Crippen LogP contribution is -2.26. The molecule has 1 heterocycles. The molecular weight excluding hydrogens is 873 g/mol. The summed E-state index contributed by atoms with van der Waals surface area (Å²) < 4.78 is 0. The number of allylic oxidation sites excluding steroid dienone is 4. The van der Waals surface area contributed by atoms with Crippen molar-refractivity contribution < 1.29 is 0 Å². The van der Waals surface area contributed by atoms with E-state index in [0.717, 1.165) is 51.6 Å². The minimum absolute atomic E-state index is 0.0536. The van der Waals surface area contributed by atoms with Gasteiger partial charge in [0.05, 0.1) is 16.8 Å². The molecule has 72 heavy (non-hydrogen) atoms. The number of hydrogen-bond donors (Lipinski definition) is 0. The Balaban J connectivity index is 1.02. The van der Waals surface area contributed by atoms with Gasteiger partial charge < -0.3 is 4.90 Å². The van der Waals surface area contributed by atoms with Crippen LogP contribution in [0.3, 0.4) is 0 Å². The lowest BCUT2D eigenvalue weighted by molar-refractivity contribution is 0.763. The van der Waals surface area contributed by atoms with Gasteiger partial charge in [0.25, 0.3) is 0 Å². The van der Waals surface area contributed by atoms with Crippen LogP contribution in [0, 0.1) is 0 Å². The van der Waals surface area contributed by atoms with Gasteiger partial charge in [0.1, 0.15) is 5.82 Å². The Bertz CT molecular complexity index is 3950. The zero-order valence-corrected chi connectivity index (χ0v) is 39.4. The van der Waals surface area contributed by atoms with Crippen molar-refractivity contribution in [2.24, 2.45) is 0 Å². The molecule has 0 aliphatic heterocycles. The van der Waals surface area contributed by atoms with E-state index >= 15 is 0 Å². The summed E-state index contributed by atoms with van der Waals surface area (Å²) in [6.07, 6.45) is 9.44. The monoisotopic (exact) mass is 918 g/mol. The molecule has 10 aromatic carbocycles. The van der Waals surface area contributed by atoms with Gasteiger partial charge in [-0.1, -0.05) is 224 Å². The summed E-state index contributed by atoms with van der Waals surface area (Å²) >= 11 is 0. The van der Waals surface area contributed by atoms with Crippen LogP contribution >= 0.6 is 0 Å². The maximum Gasteiger partial charge on any atom is 0.163 e. The Morgan fingerprint density at radius 2 is 0.958 bits per heavy atom. The van der Waals surface area contributed by atoms with Crippen molar-refractivity contribution in [1.29, 1.82) is 0 Å². The predicted molar refractivity (Wildman–Crippen MR) is 296 cm³/mol. The molecule has 4 nitrogen and oxygen atoms in total. The summed E-state index contributed by atoms with van der Waals surface area (Å²) in [6.45, 7) is 0. The summed E-state index contributed by atoms with van der Waals surface area (Å²) in [6, 6.07) is 86.4. The SMILES string of the molecule is C1=CCC(c2nc(-c3ccccc3)nc(-c3ccc4c(c3)C3(c5ccccc5-4)c4ccccc4-c4ccc(N(c5ccc(-c6ccccc6)cc5-c5ccccc5)c5cccc6ccccc56)cc43)n2)C=C1. The third kappa shape index (κ3) is 6.64. The third-order valence-electron chi connectivity index (χ3n) is 15.0. The normalized spacial score (nSPS) is 15.8. The van der Waals surface area contributed by atoms with Crippen molar-refractivity contribution >= 4 is 27.8 Å². The van der Waals surface area contributed by atoms with Crippen molar-refractivity contribution in [1.82, 2.24) is 15.0 Å². The molecule has 3 aliphatic rings. The molecule has 2 atom stereocenters. The van der Waals surface area contributed by atoms with E-state index in [9.17, 15) is 0 Å². The number of rotatable bonds is 8. The van der Waals surface area contributed by atoms with Crippen molar-refractivity contribution in [2.75, 3.05) is 4.90 Å². The Morgan fingerprint density at radius 3 is 1.68 bits per heavy atom. The minimum Gasteiger partial charge on any atom is -0.309 e.